The molecule has 122 valence electrons. The Morgan fingerprint density at radius 1 is 1.23 bits per heavy atom. The van der Waals surface area contributed by atoms with Gasteiger partial charge in [0.05, 0.1) is 20.8 Å². The van der Waals surface area contributed by atoms with Gasteiger partial charge in [0.1, 0.15) is 0 Å². The van der Waals surface area contributed by atoms with E-state index in [1.807, 2.05) is 17.0 Å². The second-order valence-electron chi connectivity index (χ2n) is 6.07. The number of carbonyl (C=O) groups excluding carboxylic acids is 1. The highest BCUT2D eigenvalue weighted by Crippen LogP contribution is 2.33. The van der Waals surface area contributed by atoms with E-state index in [-0.39, 0.29) is 5.91 Å². The third-order valence-electron chi connectivity index (χ3n) is 3.90. The summed E-state index contributed by atoms with van der Waals surface area (Å²) in [6, 6.07) is 4.00. The Balaban J connectivity index is 2.03. The minimum Gasteiger partial charge on any atom is -0.493 e. The minimum atomic E-state index is 0.154. The third kappa shape index (κ3) is 3.91. The number of nitrogens with zero attached hydrogens (tertiary/aromatic N) is 1. The van der Waals surface area contributed by atoms with E-state index in [1.165, 1.54) is 5.56 Å². The quantitative estimate of drug-likeness (QED) is 0.871. The van der Waals surface area contributed by atoms with Crippen molar-refractivity contribution in [2.75, 3.05) is 33.9 Å². The van der Waals surface area contributed by atoms with Gasteiger partial charge in [-0.15, -0.1) is 0 Å². The minimum absolute atomic E-state index is 0.154. The van der Waals surface area contributed by atoms with Crippen molar-refractivity contribution < 1.29 is 14.3 Å². The van der Waals surface area contributed by atoms with Crippen LogP contribution >= 0.6 is 0 Å². The fraction of sp³-hybridized carbons (Fsp3) is 0.588. The van der Waals surface area contributed by atoms with Gasteiger partial charge in [-0.2, -0.15) is 0 Å². The maximum Gasteiger partial charge on any atom is 0.236 e. The molecule has 0 aromatic heterocycles. The lowest BCUT2D eigenvalue weighted by Crippen LogP contribution is -2.41. The molecule has 1 heterocycles. The lowest BCUT2D eigenvalue weighted by molar-refractivity contribution is -0.131. The summed E-state index contributed by atoms with van der Waals surface area (Å²) in [5.74, 6) is 2.17. The van der Waals surface area contributed by atoms with E-state index in [4.69, 9.17) is 9.47 Å². The van der Waals surface area contributed by atoms with Crippen molar-refractivity contribution in [3.8, 4) is 11.5 Å². The maximum atomic E-state index is 12.3. The fourth-order valence-electron chi connectivity index (χ4n) is 2.68. The highest BCUT2D eigenvalue weighted by molar-refractivity contribution is 5.78. The SMILES string of the molecule is COc1cc2c(cc1OC)CN(C(=O)CNCC(C)C)CC2. The predicted molar refractivity (Wildman–Crippen MR) is 86.4 cm³/mol. The van der Waals surface area contributed by atoms with Gasteiger partial charge in [0.25, 0.3) is 0 Å². The van der Waals surface area contributed by atoms with E-state index in [2.05, 4.69) is 19.2 Å². The Morgan fingerprint density at radius 2 is 1.86 bits per heavy atom. The molecule has 0 spiro atoms. The van der Waals surface area contributed by atoms with Crippen LogP contribution in [0.1, 0.15) is 25.0 Å². The van der Waals surface area contributed by atoms with Crippen molar-refractivity contribution in [1.29, 1.82) is 0 Å². The standard InChI is InChI=1S/C17H26N2O3/c1-12(2)9-18-10-17(20)19-6-5-13-7-15(21-3)16(22-4)8-14(13)11-19/h7-8,12,18H,5-6,9-11H2,1-4H3. The number of carbonyl (C=O) groups is 1. The molecule has 0 fully saturated rings. The van der Waals surface area contributed by atoms with Crippen LogP contribution in [0.15, 0.2) is 12.1 Å². The average molecular weight is 306 g/mol. The van der Waals surface area contributed by atoms with Crippen molar-refractivity contribution in [2.24, 2.45) is 5.92 Å². The first-order valence-electron chi connectivity index (χ1n) is 7.77. The van der Waals surface area contributed by atoms with Gasteiger partial charge >= 0.3 is 0 Å². The summed E-state index contributed by atoms with van der Waals surface area (Å²) in [5.41, 5.74) is 2.37. The molecule has 5 heteroatoms. The Kier molecular flexibility index (Phi) is 5.66. The maximum absolute atomic E-state index is 12.3. The molecule has 0 atom stereocenters. The van der Waals surface area contributed by atoms with Crippen molar-refractivity contribution in [3.05, 3.63) is 23.3 Å². The van der Waals surface area contributed by atoms with Crippen molar-refractivity contribution >= 4 is 5.91 Å². The van der Waals surface area contributed by atoms with Crippen molar-refractivity contribution in [1.82, 2.24) is 10.2 Å². The van der Waals surface area contributed by atoms with Crippen LogP contribution in [0.3, 0.4) is 0 Å². The number of nitrogens with one attached hydrogen (secondary N) is 1. The third-order valence-corrected chi connectivity index (χ3v) is 3.90. The van der Waals surface area contributed by atoms with Crippen LogP contribution in [0, 0.1) is 5.92 Å². The molecule has 5 nitrogen and oxygen atoms in total. The number of hydrogen-bond donors (Lipinski definition) is 1. The van der Waals surface area contributed by atoms with E-state index < -0.39 is 0 Å². The Bertz CT molecular complexity index is 529. The molecular formula is C17H26N2O3. The van der Waals surface area contributed by atoms with Crippen LogP contribution in [0.25, 0.3) is 0 Å². The van der Waals surface area contributed by atoms with Crippen molar-refractivity contribution in [2.45, 2.75) is 26.8 Å². The summed E-state index contributed by atoms with van der Waals surface area (Å²) in [6.07, 6.45) is 0.853. The zero-order chi connectivity index (χ0) is 16.1. The number of methoxy groups -OCH3 is 2. The number of ether oxygens (including phenoxy) is 2. The van der Waals surface area contributed by atoms with E-state index in [0.29, 0.717) is 24.8 Å². The zero-order valence-electron chi connectivity index (χ0n) is 13.9. The Labute approximate surface area is 132 Å². The number of benzene rings is 1. The van der Waals surface area contributed by atoms with E-state index in [9.17, 15) is 4.79 Å². The van der Waals surface area contributed by atoms with Gasteiger partial charge in [-0.05, 0) is 42.1 Å². The molecule has 0 saturated carbocycles. The molecular weight excluding hydrogens is 280 g/mol. The molecule has 0 aliphatic carbocycles. The first-order chi connectivity index (χ1) is 10.5. The molecule has 1 aliphatic rings. The average Bonchev–Trinajstić information content (AvgIpc) is 2.52. The molecule has 0 bridgehead atoms. The largest absolute Gasteiger partial charge is 0.493 e. The number of hydrogen-bond acceptors (Lipinski definition) is 4. The summed E-state index contributed by atoms with van der Waals surface area (Å²) < 4.78 is 10.7. The van der Waals surface area contributed by atoms with Crippen molar-refractivity contribution in [3.63, 3.8) is 0 Å². The van der Waals surface area contributed by atoms with Crippen LogP contribution in [0.2, 0.25) is 0 Å². The monoisotopic (exact) mass is 306 g/mol. The lowest BCUT2D eigenvalue weighted by Gasteiger charge is -2.30. The smallest absolute Gasteiger partial charge is 0.236 e. The molecule has 0 saturated heterocycles. The summed E-state index contributed by atoms with van der Waals surface area (Å²) in [5, 5.41) is 3.21. The molecule has 22 heavy (non-hydrogen) atoms. The molecule has 2 rings (SSSR count). The van der Waals surface area contributed by atoms with E-state index in [1.54, 1.807) is 14.2 Å². The van der Waals surface area contributed by atoms with Gasteiger partial charge in [0.15, 0.2) is 11.5 Å². The van der Waals surface area contributed by atoms with Crippen LogP contribution < -0.4 is 14.8 Å². The molecule has 1 amide bonds. The summed E-state index contributed by atoms with van der Waals surface area (Å²) >= 11 is 0. The first-order valence-corrected chi connectivity index (χ1v) is 7.77. The molecule has 0 radical (unpaired) electrons. The first kappa shape index (κ1) is 16.6. The molecule has 1 aromatic carbocycles. The van der Waals surface area contributed by atoms with E-state index >= 15 is 0 Å². The van der Waals surface area contributed by atoms with Crippen LogP contribution in [0.5, 0.6) is 11.5 Å². The summed E-state index contributed by atoms with van der Waals surface area (Å²) in [4.78, 5) is 14.2. The topological polar surface area (TPSA) is 50.8 Å². The normalized spacial score (nSPS) is 14.0. The Morgan fingerprint density at radius 3 is 2.45 bits per heavy atom. The summed E-state index contributed by atoms with van der Waals surface area (Å²) in [7, 11) is 3.27. The number of rotatable bonds is 6. The molecule has 1 N–H and O–H groups in total. The van der Waals surface area contributed by atoms with Gasteiger partial charge < -0.3 is 19.7 Å². The second kappa shape index (κ2) is 7.49. The number of fused-ring (bicyclic) bond motifs is 1. The van der Waals surface area contributed by atoms with Gasteiger partial charge in [-0.1, -0.05) is 13.8 Å². The predicted octanol–water partition coefficient (Wildman–Crippen LogP) is 1.83. The zero-order valence-corrected chi connectivity index (χ0v) is 13.9. The molecule has 0 unspecified atom stereocenters. The fourth-order valence-corrected chi connectivity index (χ4v) is 2.68. The molecule has 1 aromatic rings. The van der Waals surface area contributed by atoms with Crippen LogP contribution in [0.4, 0.5) is 0 Å². The Hall–Kier alpha value is -1.75. The highest BCUT2D eigenvalue weighted by atomic mass is 16.5. The van der Waals surface area contributed by atoms with Gasteiger partial charge in [0.2, 0.25) is 5.91 Å². The van der Waals surface area contributed by atoms with Gasteiger partial charge in [-0.3, -0.25) is 4.79 Å². The second-order valence-corrected chi connectivity index (χ2v) is 6.07. The van der Waals surface area contributed by atoms with Crippen LogP contribution in [-0.2, 0) is 17.8 Å². The van der Waals surface area contributed by atoms with Gasteiger partial charge in [0, 0.05) is 13.1 Å². The van der Waals surface area contributed by atoms with Crippen LogP contribution in [-0.4, -0.2) is 44.7 Å². The number of amides is 1. The molecule has 1 aliphatic heterocycles. The van der Waals surface area contributed by atoms with E-state index in [0.717, 1.165) is 30.8 Å². The van der Waals surface area contributed by atoms with Gasteiger partial charge in [-0.25, -0.2) is 0 Å². The lowest BCUT2D eigenvalue weighted by atomic mass is 9.98. The summed E-state index contributed by atoms with van der Waals surface area (Å²) in [6.45, 7) is 6.92. The highest BCUT2D eigenvalue weighted by Gasteiger charge is 2.22.